The Bertz CT molecular complexity index is 1080. The fourth-order valence-electron chi connectivity index (χ4n) is 2.52. The molecular formula is C16H13ClN4O4S. The van der Waals surface area contributed by atoms with Crippen LogP contribution < -0.4 is 0 Å². The maximum absolute atomic E-state index is 12.1. The standard InChI is InChI=1S/C16H13ClN4O4S/c1-26(24,25)13-8-7-11(16(22)23)14(17)12(13)9-21-15(18-19-20-21)10-5-3-2-4-6-10/h2-8H,9H2,1H3,(H,22,23). The fraction of sp³-hybridized carbons (Fsp3) is 0.125. The first-order valence-electron chi connectivity index (χ1n) is 7.35. The molecule has 0 aliphatic carbocycles. The summed E-state index contributed by atoms with van der Waals surface area (Å²) in [5.41, 5.74) is 0.658. The van der Waals surface area contributed by atoms with Crippen molar-refractivity contribution in [2.75, 3.05) is 6.26 Å². The van der Waals surface area contributed by atoms with Gasteiger partial charge in [-0.3, -0.25) is 0 Å². The van der Waals surface area contributed by atoms with Crippen molar-refractivity contribution < 1.29 is 18.3 Å². The van der Waals surface area contributed by atoms with Crippen LogP contribution in [0.1, 0.15) is 15.9 Å². The number of aromatic nitrogens is 4. The quantitative estimate of drug-likeness (QED) is 0.707. The summed E-state index contributed by atoms with van der Waals surface area (Å²) in [6, 6.07) is 11.5. The van der Waals surface area contributed by atoms with E-state index in [1.807, 2.05) is 18.2 Å². The van der Waals surface area contributed by atoms with Gasteiger partial charge in [0, 0.05) is 17.4 Å². The second-order valence-electron chi connectivity index (χ2n) is 5.51. The Morgan fingerprint density at radius 1 is 1.19 bits per heavy atom. The number of carboxylic acids is 1. The van der Waals surface area contributed by atoms with Gasteiger partial charge in [-0.15, -0.1) is 5.10 Å². The normalized spacial score (nSPS) is 11.5. The van der Waals surface area contributed by atoms with Crippen molar-refractivity contribution in [2.24, 2.45) is 0 Å². The molecule has 0 amide bonds. The largest absolute Gasteiger partial charge is 0.478 e. The Morgan fingerprint density at radius 3 is 2.50 bits per heavy atom. The predicted molar refractivity (Wildman–Crippen MR) is 93.9 cm³/mol. The Labute approximate surface area is 154 Å². The topological polar surface area (TPSA) is 115 Å². The number of hydrogen-bond acceptors (Lipinski definition) is 6. The lowest BCUT2D eigenvalue weighted by Crippen LogP contribution is -2.12. The van der Waals surface area contributed by atoms with E-state index >= 15 is 0 Å². The van der Waals surface area contributed by atoms with Crippen molar-refractivity contribution in [1.82, 2.24) is 20.2 Å². The molecule has 0 atom stereocenters. The van der Waals surface area contributed by atoms with E-state index < -0.39 is 15.8 Å². The number of hydrogen-bond donors (Lipinski definition) is 1. The van der Waals surface area contributed by atoms with Gasteiger partial charge in [0.2, 0.25) is 0 Å². The zero-order valence-corrected chi connectivity index (χ0v) is 15.1. The minimum absolute atomic E-state index is 0.0676. The molecule has 0 saturated heterocycles. The number of carboxylic acid groups (broad SMARTS) is 1. The van der Waals surface area contributed by atoms with Gasteiger partial charge in [0.25, 0.3) is 0 Å². The summed E-state index contributed by atoms with van der Waals surface area (Å²) in [6.07, 6.45) is 1.03. The molecule has 0 unspecified atom stereocenters. The van der Waals surface area contributed by atoms with Gasteiger partial charge in [-0.25, -0.2) is 17.9 Å². The Morgan fingerprint density at radius 2 is 1.88 bits per heavy atom. The lowest BCUT2D eigenvalue weighted by atomic mass is 10.1. The highest BCUT2D eigenvalue weighted by Gasteiger charge is 2.23. The summed E-state index contributed by atoms with van der Waals surface area (Å²) >= 11 is 6.20. The van der Waals surface area contributed by atoms with Gasteiger partial charge in [-0.1, -0.05) is 41.9 Å². The molecule has 3 rings (SSSR count). The molecule has 8 nitrogen and oxygen atoms in total. The predicted octanol–water partition coefficient (Wildman–Crippen LogP) is 2.14. The molecular weight excluding hydrogens is 380 g/mol. The summed E-state index contributed by atoms with van der Waals surface area (Å²) in [6.45, 7) is -0.0976. The van der Waals surface area contributed by atoms with Crippen molar-refractivity contribution in [1.29, 1.82) is 0 Å². The number of benzene rings is 2. The highest BCUT2D eigenvalue weighted by molar-refractivity contribution is 7.90. The molecule has 1 aromatic heterocycles. The number of tetrazole rings is 1. The smallest absolute Gasteiger partial charge is 0.337 e. The number of nitrogens with zero attached hydrogens (tertiary/aromatic N) is 4. The molecule has 26 heavy (non-hydrogen) atoms. The van der Waals surface area contributed by atoms with Crippen LogP contribution in [0, 0.1) is 0 Å². The first-order valence-corrected chi connectivity index (χ1v) is 9.62. The molecule has 0 aliphatic heterocycles. The molecule has 0 spiro atoms. The van der Waals surface area contributed by atoms with E-state index in [1.54, 1.807) is 12.1 Å². The summed E-state index contributed by atoms with van der Waals surface area (Å²) in [4.78, 5) is 11.3. The number of halogens is 1. The van der Waals surface area contributed by atoms with Crippen LogP contribution in [0.5, 0.6) is 0 Å². The van der Waals surface area contributed by atoms with Gasteiger partial charge in [-0.05, 0) is 22.6 Å². The highest BCUT2D eigenvalue weighted by Crippen LogP contribution is 2.29. The van der Waals surface area contributed by atoms with Crippen LogP contribution in [0.4, 0.5) is 0 Å². The van der Waals surface area contributed by atoms with Crippen LogP contribution in [0.3, 0.4) is 0 Å². The minimum atomic E-state index is -3.64. The maximum Gasteiger partial charge on any atom is 0.337 e. The first kappa shape index (κ1) is 18.0. The van der Waals surface area contributed by atoms with Gasteiger partial charge < -0.3 is 5.11 Å². The molecule has 3 aromatic rings. The van der Waals surface area contributed by atoms with Gasteiger partial charge >= 0.3 is 5.97 Å². The lowest BCUT2D eigenvalue weighted by molar-refractivity contribution is 0.0697. The zero-order valence-electron chi connectivity index (χ0n) is 13.5. The van der Waals surface area contributed by atoms with Gasteiger partial charge in [0.05, 0.1) is 22.0 Å². The molecule has 134 valence electrons. The summed E-state index contributed by atoms with van der Waals surface area (Å²) < 4.78 is 25.6. The second kappa shape index (κ2) is 6.85. The third kappa shape index (κ3) is 3.44. The van der Waals surface area contributed by atoms with Crippen molar-refractivity contribution in [2.45, 2.75) is 11.4 Å². The van der Waals surface area contributed by atoms with Crippen molar-refractivity contribution in [3.05, 3.63) is 58.6 Å². The van der Waals surface area contributed by atoms with Gasteiger partial charge in [0.1, 0.15) is 0 Å². The van der Waals surface area contributed by atoms with E-state index in [1.165, 1.54) is 16.8 Å². The summed E-state index contributed by atoms with van der Waals surface area (Å²) in [7, 11) is -3.64. The SMILES string of the molecule is CS(=O)(=O)c1ccc(C(=O)O)c(Cl)c1Cn1nnnc1-c1ccccc1. The van der Waals surface area contributed by atoms with E-state index in [4.69, 9.17) is 11.6 Å². The monoisotopic (exact) mass is 392 g/mol. The maximum atomic E-state index is 12.1. The van der Waals surface area contributed by atoms with E-state index in [9.17, 15) is 18.3 Å². The van der Waals surface area contributed by atoms with Crippen LogP contribution in [0.25, 0.3) is 11.4 Å². The Kier molecular flexibility index (Phi) is 4.75. The van der Waals surface area contributed by atoms with Crippen LogP contribution in [0.2, 0.25) is 5.02 Å². The molecule has 2 aromatic carbocycles. The third-order valence-electron chi connectivity index (χ3n) is 3.70. The fourth-order valence-corrected chi connectivity index (χ4v) is 3.81. The number of carbonyl (C=O) groups is 1. The number of rotatable bonds is 5. The minimum Gasteiger partial charge on any atom is -0.478 e. The van der Waals surface area contributed by atoms with Crippen molar-refractivity contribution >= 4 is 27.4 Å². The molecule has 10 heteroatoms. The average Bonchev–Trinajstić information content (AvgIpc) is 3.04. The van der Waals surface area contributed by atoms with E-state index in [2.05, 4.69) is 15.5 Å². The Balaban J connectivity index is 2.15. The van der Waals surface area contributed by atoms with Crippen molar-refractivity contribution in [3.8, 4) is 11.4 Å². The summed E-state index contributed by atoms with van der Waals surface area (Å²) in [5, 5.41) is 20.6. The van der Waals surface area contributed by atoms with E-state index in [0.717, 1.165) is 11.8 Å². The molecule has 0 bridgehead atoms. The molecule has 0 saturated carbocycles. The van der Waals surface area contributed by atoms with Crippen LogP contribution in [0.15, 0.2) is 47.4 Å². The molecule has 1 heterocycles. The van der Waals surface area contributed by atoms with Gasteiger partial charge in [-0.2, -0.15) is 0 Å². The van der Waals surface area contributed by atoms with Crippen LogP contribution in [-0.2, 0) is 16.4 Å². The average molecular weight is 393 g/mol. The number of aromatic carboxylic acids is 1. The first-order chi connectivity index (χ1) is 12.3. The van der Waals surface area contributed by atoms with Crippen molar-refractivity contribution in [3.63, 3.8) is 0 Å². The third-order valence-corrected chi connectivity index (χ3v) is 5.32. The molecule has 1 N–H and O–H groups in total. The molecule has 0 aliphatic rings. The number of sulfone groups is 1. The van der Waals surface area contributed by atoms with Crippen LogP contribution in [-0.4, -0.2) is 46.0 Å². The lowest BCUT2D eigenvalue weighted by Gasteiger charge is -2.13. The Hall–Kier alpha value is -2.78. The van der Waals surface area contributed by atoms with E-state index in [-0.39, 0.29) is 27.6 Å². The second-order valence-corrected chi connectivity index (χ2v) is 7.87. The highest BCUT2D eigenvalue weighted by atomic mass is 35.5. The molecule has 0 fully saturated rings. The zero-order chi connectivity index (χ0) is 18.9. The van der Waals surface area contributed by atoms with E-state index in [0.29, 0.717) is 5.82 Å². The van der Waals surface area contributed by atoms with Gasteiger partial charge in [0.15, 0.2) is 15.7 Å². The summed E-state index contributed by atoms with van der Waals surface area (Å²) in [5.74, 6) is -0.849. The molecule has 0 radical (unpaired) electrons. The van der Waals surface area contributed by atoms with Crippen LogP contribution >= 0.6 is 11.6 Å².